The lowest BCUT2D eigenvalue weighted by atomic mass is 10.4. The van der Waals surface area contributed by atoms with Gasteiger partial charge in [0.05, 0.1) is 18.5 Å². The fraction of sp³-hybridized carbons (Fsp3) is 1.00. The Hall–Kier alpha value is 0.500. The number of rotatable bonds is 9. The molecule has 5 nitrogen and oxygen atoms in total. The van der Waals surface area contributed by atoms with E-state index in [0.29, 0.717) is 0 Å². The summed E-state index contributed by atoms with van der Waals surface area (Å²) in [6.07, 6.45) is 13.2. The van der Waals surface area contributed by atoms with Gasteiger partial charge in [0.15, 0.2) is 0 Å². The average Bonchev–Trinajstić information content (AvgIpc) is 2.30. The van der Waals surface area contributed by atoms with Gasteiger partial charge in [-0.15, -0.1) is 0 Å². The highest BCUT2D eigenvalue weighted by Crippen LogP contribution is 2.57. The van der Waals surface area contributed by atoms with Gasteiger partial charge in [0.25, 0.3) is 7.82 Å². The summed E-state index contributed by atoms with van der Waals surface area (Å²) in [7, 11) is -5.41. The first-order chi connectivity index (χ1) is 8.68. The first-order valence-electron chi connectivity index (χ1n) is 7.28. The lowest BCUT2D eigenvalue weighted by molar-refractivity contribution is -0.214. The van der Waals surface area contributed by atoms with E-state index in [1.54, 1.807) is 18.5 Å². The van der Waals surface area contributed by atoms with Crippen LogP contribution < -0.4 is 11.0 Å². The molecule has 0 aromatic rings. The summed E-state index contributed by atoms with van der Waals surface area (Å²) in [5.74, 6) is 0. The third kappa shape index (κ3) is 23.6. The molecule has 0 aliphatic rings. The Morgan fingerprint density at radius 2 is 1.10 bits per heavy atom. The molecule has 0 saturated carbocycles. The number of unbranched alkanes of at least 4 members (excludes halogenated alkanes) is 3. The SMILES string of the molecule is CCCC[P+](C)(CCCC)CCCC.N.O=P([O-])(O)O. The average molecular weight is 331 g/mol. The van der Waals surface area contributed by atoms with Crippen molar-refractivity contribution in [2.75, 3.05) is 25.2 Å². The lowest BCUT2D eigenvalue weighted by Gasteiger charge is -2.22. The monoisotopic (exact) mass is 331 g/mol. The van der Waals surface area contributed by atoms with E-state index in [4.69, 9.17) is 19.2 Å². The summed E-state index contributed by atoms with van der Waals surface area (Å²) in [5.41, 5.74) is 0. The van der Waals surface area contributed by atoms with Gasteiger partial charge < -0.3 is 20.8 Å². The molecule has 0 aliphatic heterocycles. The summed E-state index contributed by atoms with van der Waals surface area (Å²) in [5, 5.41) is 0. The molecule has 0 aromatic heterocycles. The van der Waals surface area contributed by atoms with E-state index in [1.165, 1.54) is 38.5 Å². The molecule has 0 heterocycles. The summed E-state index contributed by atoms with van der Waals surface area (Å²) >= 11 is 0. The van der Waals surface area contributed by atoms with E-state index in [0.717, 1.165) is 0 Å². The molecule has 0 aromatic carbocycles. The van der Waals surface area contributed by atoms with Crippen LogP contribution in [0.2, 0.25) is 0 Å². The normalized spacial score (nSPS) is 11.3. The Balaban J connectivity index is -0.000000414. The van der Waals surface area contributed by atoms with Gasteiger partial charge in [-0.05, 0) is 19.3 Å². The Kier molecular flexibility index (Phi) is 18.4. The molecule has 0 amide bonds. The predicted molar refractivity (Wildman–Crippen MR) is 89.2 cm³/mol. The zero-order chi connectivity index (χ0) is 15.4. The van der Waals surface area contributed by atoms with Crippen LogP contribution in [0.25, 0.3) is 0 Å². The van der Waals surface area contributed by atoms with Crippen LogP contribution in [0.5, 0.6) is 0 Å². The van der Waals surface area contributed by atoms with Crippen molar-refractivity contribution in [3.05, 3.63) is 0 Å². The minimum Gasteiger partial charge on any atom is -0.756 e. The molecular weight excluding hydrogens is 296 g/mol. The van der Waals surface area contributed by atoms with Gasteiger partial charge in [0.2, 0.25) is 0 Å². The quantitative estimate of drug-likeness (QED) is 0.558. The van der Waals surface area contributed by atoms with Crippen LogP contribution in [-0.4, -0.2) is 34.9 Å². The Morgan fingerprint density at radius 1 is 0.900 bits per heavy atom. The van der Waals surface area contributed by atoms with Gasteiger partial charge in [0.1, 0.15) is 0 Å². The van der Waals surface area contributed by atoms with Crippen molar-refractivity contribution in [3.8, 4) is 0 Å². The maximum Gasteiger partial charge on any atom is 0.262 e. The first kappa shape index (κ1) is 25.5. The molecule has 0 rings (SSSR count). The largest absolute Gasteiger partial charge is 0.756 e. The third-order valence-electron chi connectivity index (χ3n) is 3.15. The van der Waals surface area contributed by atoms with Gasteiger partial charge >= 0.3 is 0 Å². The van der Waals surface area contributed by atoms with Crippen molar-refractivity contribution in [2.24, 2.45) is 0 Å². The van der Waals surface area contributed by atoms with Crippen molar-refractivity contribution in [2.45, 2.75) is 59.3 Å². The molecule has 0 aliphatic carbocycles. The first-order valence-corrected chi connectivity index (χ1v) is 11.6. The molecule has 0 bridgehead atoms. The number of hydrogen-bond donors (Lipinski definition) is 3. The molecule has 0 fully saturated rings. The highest BCUT2D eigenvalue weighted by Gasteiger charge is 2.28. The lowest BCUT2D eigenvalue weighted by Crippen LogP contribution is -2.07. The predicted octanol–water partition coefficient (Wildman–Crippen LogP) is 3.64. The summed E-state index contributed by atoms with van der Waals surface area (Å²) < 4.78 is 8.77. The van der Waals surface area contributed by atoms with Crippen LogP contribution in [0.1, 0.15) is 59.3 Å². The molecular formula is C13H35NO4P2. The molecule has 20 heavy (non-hydrogen) atoms. The van der Waals surface area contributed by atoms with E-state index in [2.05, 4.69) is 27.4 Å². The highest BCUT2D eigenvalue weighted by molar-refractivity contribution is 7.75. The van der Waals surface area contributed by atoms with E-state index < -0.39 is 15.1 Å². The molecule has 0 atom stereocenters. The van der Waals surface area contributed by atoms with Crippen molar-refractivity contribution in [3.63, 3.8) is 0 Å². The van der Waals surface area contributed by atoms with E-state index >= 15 is 0 Å². The van der Waals surface area contributed by atoms with Crippen LogP contribution in [0.15, 0.2) is 0 Å². The van der Waals surface area contributed by atoms with Crippen LogP contribution in [0.4, 0.5) is 0 Å². The fourth-order valence-corrected chi connectivity index (χ4v) is 5.86. The van der Waals surface area contributed by atoms with Crippen LogP contribution in [-0.2, 0) is 4.57 Å². The maximum absolute atomic E-state index is 8.77. The van der Waals surface area contributed by atoms with Crippen LogP contribution >= 0.6 is 15.1 Å². The van der Waals surface area contributed by atoms with Gasteiger partial charge in [-0.25, -0.2) is 0 Å². The molecule has 7 heteroatoms. The fourth-order valence-electron chi connectivity index (χ4n) is 1.95. The van der Waals surface area contributed by atoms with E-state index in [9.17, 15) is 0 Å². The minimum absolute atomic E-state index is 0. The molecule has 0 spiro atoms. The van der Waals surface area contributed by atoms with Crippen LogP contribution in [0, 0.1) is 0 Å². The zero-order valence-corrected chi connectivity index (χ0v) is 15.5. The van der Waals surface area contributed by atoms with Crippen LogP contribution in [0.3, 0.4) is 0 Å². The van der Waals surface area contributed by atoms with E-state index in [1.807, 2.05) is 0 Å². The summed E-state index contributed by atoms with van der Waals surface area (Å²) in [6.45, 7) is 9.59. The van der Waals surface area contributed by atoms with Crippen molar-refractivity contribution in [1.82, 2.24) is 6.15 Å². The van der Waals surface area contributed by atoms with Gasteiger partial charge in [0, 0.05) is 13.9 Å². The van der Waals surface area contributed by atoms with Gasteiger partial charge in [-0.2, -0.15) is 0 Å². The molecule has 0 saturated heterocycles. The second-order valence-electron chi connectivity index (χ2n) is 5.34. The zero-order valence-electron chi connectivity index (χ0n) is 13.7. The minimum atomic E-state index is -4.89. The standard InChI is InChI=1S/C13H30P.H3N.H3O4P/c1-5-8-11-14(4,12-9-6-2)13-10-7-3;;1-5(2,3)4/h5-13H2,1-4H3;1H3;(H3,1,2,3,4)/q+1;;/p-1. The Labute approximate surface area is 125 Å². The number of hydrogen-bond acceptors (Lipinski definition) is 3. The van der Waals surface area contributed by atoms with E-state index in [-0.39, 0.29) is 6.15 Å². The summed E-state index contributed by atoms with van der Waals surface area (Å²) in [6, 6.07) is 0. The molecule has 0 unspecified atom stereocenters. The second kappa shape index (κ2) is 14.4. The Morgan fingerprint density at radius 3 is 1.25 bits per heavy atom. The van der Waals surface area contributed by atoms with Crippen molar-refractivity contribution < 1.29 is 19.2 Å². The van der Waals surface area contributed by atoms with Crippen molar-refractivity contribution >= 4 is 15.1 Å². The van der Waals surface area contributed by atoms with Gasteiger partial charge in [-0.1, -0.05) is 40.0 Å². The highest BCUT2D eigenvalue weighted by atomic mass is 31.2. The van der Waals surface area contributed by atoms with Gasteiger partial charge in [-0.3, -0.25) is 4.57 Å². The molecule has 0 radical (unpaired) electrons. The maximum atomic E-state index is 8.77. The summed E-state index contributed by atoms with van der Waals surface area (Å²) in [4.78, 5) is 22.9. The smallest absolute Gasteiger partial charge is 0.262 e. The molecule has 126 valence electrons. The van der Waals surface area contributed by atoms with Crippen molar-refractivity contribution in [1.29, 1.82) is 0 Å². The number of phosphoric acid groups is 1. The second-order valence-corrected chi connectivity index (χ2v) is 10.9. The molecule has 5 N–H and O–H groups in total. The Bertz CT molecular complexity index is 216. The third-order valence-corrected chi connectivity index (χ3v) is 7.34. The topological polar surface area (TPSA) is 116 Å².